The SMILES string of the molecule is CCCCOc1ccc(N=Cc2ccc(C(=O)O)s2)cc1. The maximum absolute atomic E-state index is 10.8. The van der Waals surface area contributed by atoms with Gasteiger partial charge >= 0.3 is 5.97 Å². The van der Waals surface area contributed by atoms with Crippen LogP contribution in [0.2, 0.25) is 0 Å². The summed E-state index contributed by atoms with van der Waals surface area (Å²) in [5.74, 6) is -0.0695. The molecule has 0 bridgehead atoms. The number of carboxylic acid groups (broad SMARTS) is 1. The van der Waals surface area contributed by atoms with E-state index in [2.05, 4.69) is 11.9 Å². The zero-order valence-corrected chi connectivity index (χ0v) is 12.6. The maximum atomic E-state index is 10.8. The molecule has 0 saturated heterocycles. The molecular weight excluding hydrogens is 286 g/mol. The fourth-order valence-corrected chi connectivity index (χ4v) is 2.36. The Morgan fingerprint density at radius 1 is 1.29 bits per heavy atom. The zero-order valence-electron chi connectivity index (χ0n) is 11.8. The summed E-state index contributed by atoms with van der Waals surface area (Å²) in [5.41, 5.74) is 0.808. The summed E-state index contributed by atoms with van der Waals surface area (Å²) < 4.78 is 5.58. The number of aliphatic imine (C=N–C) groups is 1. The van der Waals surface area contributed by atoms with E-state index < -0.39 is 5.97 Å². The van der Waals surface area contributed by atoms with E-state index in [4.69, 9.17) is 9.84 Å². The number of unbranched alkanes of at least 4 members (excludes halogenated alkanes) is 1. The van der Waals surface area contributed by atoms with Crippen LogP contribution in [-0.2, 0) is 0 Å². The van der Waals surface area contributed by atoms with Crippen molar-refractivity contribution in [3.63, 3.8) is 0 Å². The molecular formula is C16H17NO3S. The first-order chi connectivity index (χ1) is 10.2. The van der Waals surface area contributed by atoms with Crippen molar-refractivity contribution in [2.45, 2.75) is 19.8 Å². The first-order valence-corrected chi connectivity index (χ1v) is 7.60. The van der Waals surface area contributed by atoms with E-state index in [-0.39, 0.29) is 0 Å². The Morgan fingerprint density at radius 3 is 2.67 bits per heavy atom. The predicted molar refractivity (Wildman–Crippen MR) is 85.4 cm³/mol. The predicted octanol–water partition coefficient (Wildman–Crippen LogP) is 4.38. The molecule has 0 radical (unpaired) electrons. The summed E-state index contributed by atoms with van der Waals surface area (Å²) in [6.45, 7) is 2.85. The van der Waals surface area contributed by atoms with E-state index in [1.807, 2.05) is 24.3 Å². The number of carboxylic acids is 1. The minimum atomic E-state index is -0.909. The van der Waals surface area contributed by atoms with Crippen LogP contribution in [0, 0.1) is 0 Å². The summed E-state index contributed by atoms with van der Waals surface area (Å²) >= 11 is 1.20. The number of hydrogen-bond acceptors (Lipinski definition) is 4. The first kappa shape index (κ1) is 15.3. The molecule has 1 heterocycles. The van der Waals surface area contributed by atoms with Gasteiger partial charge in [0.2, 0.25) is 0 Å². The Morgan fingerprint density at radius 2 is 2.05 bits per heavy atom. The van der Waals surface area contributed by atoms with E-state index in [1.54, 1.807) is 18.3 Å². The molecule has 4 nitrogen and oxygen atoms in total. The van der Waals surface area contributed by atoms with Gasteiger partial charge in [-0.1, -0.05) is 13.3 Å². The van der Waals surface area contributed by atoms with E-state index in [9.17, 15) is 4.79 Å². The van der Waals surface area contributed by atoms with Crippen molar-refractivity contribution in [3.8, 4) is 5.75 Å². The summed E-state index contributed by atoms with van der Waals surface area (Å²) in [5, 5.41) is 8.85. The molecule has 0 amide bonds. The van der Waals surface area contributed by atoms with Crippen LogP contribution in [0.15, 0.2) is 41.4 Å². The van der Waals surface area contributed by atoms with Gasteiger partial charge in [0.15, 0.2) is 0 Å². The van der Waals surface area contributed by atoms with Crippen LogP contribution in [0.3, 0.4) is 0 Å². The Labute approximate surface area is 127 Å². The van der Waals surface area contributed by atoms with E-state index >= 15 is 0 Å². The van der Waals surface area contributed by atoms with Gasteiger partial charge < -0.3 is 9.84 Å². The second-order valence-electron chi connectivity index (χ2n) is 4.46. The molecule has 1 N–H and O–H groups in total. The van der Waals surface area contributed by atoms with Crippen LogP contribution in [0.25, 0.3) is 0 Å². The third-order valence-corrected chi connectivity index (χ3v) is 3.79. The van der Waals surface area contributed by atoms with Gasteiger partial charge in [-0.15, -0.1) is 11.3 Å². The van der Waals surface area contributed by atoms with Gasteiger partial charge in [-0.25, -0.2) is 4.79 Å². The lowest BCUT2D eigenvalue weighted by Gasteiger charge is -2.04. The molecule has 0 aliphatic carbocycles. The Balaban J connectivity index is 1.95. The monoisotopic (exact) mass is 303 g/mol. The Kier molecular flexibility index (Phi) is 5.51. The molecule has 5 heteroatoms. The second kappa shape index (κ2) is 7.59. The Hall–Kier alpha value is -2.14. The van der Waals surface area contributed by atoms with E-state index in [0.717, 1.165) is 35.8 Å². The fraction of sp³-hybridized carbons (Fsp3) is 0.250. The van der Waals surface area contributed by atoms with Gasteiger partial charge in [-0.2, -0.15) is 0 Å². The largest absolute Gasteiger partial charge is 0.494 e. The van der Waals surface area contributed by atoms with Gasteiger partial charge in [0.1, 0.15) is 10.6 Å². The minimum Gasteiger partial charge on any atom is -0.494 e. The van der Waals surface area contributed by atoms with E-state index in [1.165, 1.54) is 11.3 Å². The molecule has 0 aliphatic rings. The van der Waals surface area contributed by atoms with Crippen LogP contribution in [0.5, 0.6) is 5.75 Å². The summed E-state index contributed by atoms with van der Waals surface area (Å²) in [6, 6.07) is 10.9. The van der Waals surface area contributed by atoms with Crippen LogP contribution in [-0.4, -0.2) is 23.9 Å². The minimum absolute atomic E-state index is 0.316. The molecule has 0 aliphatic heterocycles. The van der Waals surface area contributed by atoms with Crippen molar-refractivity contribution in [1.82, 2.24) is 0 Å². The lowest BCUT2D eigenvalue weighted by Crippen LogP contribution is -1.95. The average Bonchev–Trinajstić information content (AvgIpc) is 2.96. The number of carbonyl (C=O) groups is 1. The van der Waals surface area contributed by atoms with Crippen LogP contribution >= 0.6 is 11.3 Å². The highest BCUT2D eigenvalue weighted by atomic mass is 32.1. The third-order valence-electron chi connectivity index (χ3n) is 2.78. The van der Waals surface area contributed by atoms with Crippen LogP contribution in [0.1, 0.15) is 34.3 Å². The molecule has 0 spiro atoms. The highest BCUT2D eigenvalue weighted by Crippen LogP contribution is 2.20. The Bertz CT molecular complexity index is 617. The number of benzene rings is 1. The summed E-state index contributed by atoms with van der Waals surface area (Å²) in [7, 11) is 0. The van der Waals surface area contributed by atoms with Gasteiger partial charge in [-0.3, -0.25) is 4.99 Å². The van der Waals surface area contributed by atoms with Crippen molar-refractivity contribution >= 4 is 29.2 Å². The van der Waals surface area contributed by atoms with Crippen molar-refractivity contribution in [3.05, 3.63) is 46.2 Å². The number of rotatable bonds is 7. The standard InChI is InChI=1S/C16H17NO3S/c1-2-3-10-20-13-6-4-12(5-7-13)17-11-14-8-9-15(21-14)16(18)19/h4-9,11H,2-3,10H2,1H3,(H,18,19). The molecule has 2 rings (SSSR count). The molecule has 1 aromatic heterocycles. The normalized spacial score (nSPS) is 10.9. The third kappa shape index (κ3) is 4.72. The maximum Gasteiger partial charge on any atom is 0.345 e. The zero-order chi connectivity index (χ0) is 15.1. The van der Waals surface area contributed by atoms with Crippen molar-refractivity contribution < 1.29 is 14.6 Å². The molecule has 110 valence electrons. The van der Waals surface area contributed by atoms with Gasteiger partial charge in [0, 0.05) is 11.1 Å². The van der Waals surface area contributed by atoms with Gasteiger partial charge in [-0.05, 0) is 42.8 Å². The van der Waals surface area contributed by atoms with Crippen molar-refractivity contribution in [2.24, 2.45) is 4.99 Å². The highest BCUT2D eigenvalue weighted by Gasteiger charge is 2.05. The molecule has 2 aromatic rings. The van der Waals surface area contributed by atoms with Crippen molar-refractivity contribution in [1.29, 1.82) is 0 Å². The van der Waals surface area contributed by atoms with Crippen LogP contribution < -0.4 is 4.74 Å². The number of hydrogen-bond donors (Lipinski definition) is 1. The topological polar surface area (TPSA) is 58.9 Å². The lowest BCUT2D eigenvalue weighted by molar-refractivity contribution is 0.0702. The smallest absolute Gasteiger partial charge is 0.345 e. The molecule has 0 fully saturated rings. The number of nitrogens with zero attached hydrogens (tertiary/aromatic N) is 1. The summed E-state index contributed by atoms with van der Waals surface area (Å²) in [6.07, 6.45) is 3.83. The fourth-order valence-electron chi connectivity index (χ4n) is 1.64. The number of aromatic carboxylic acids is 1. The first-order valence-electron chi connectivity index (χ1n) is 6.79. The summed E-state index contributed by atoms with van der Waals surface area (Å²) in [4.78, 5) is 16.2. The number of thiophene rings is 1. The molecule has 0 atom stereocenters. The quantitative estimate of drug-likeness (QED) is 0.610. The lowest BCUT2D eigenvalue weighted by atomic mass is 10.3. The average molecular weight is 303 g/mol. The van der Waals surface area contributed by atoms with Gasteiger partial charge in [0.25, 0.3) is 0 Å². The molecule has 1 aromatic carbocycles. The molecule has 0 unspecified atom stereocenters. The molecule has 0 saturated carbocycles. The van der Waals surface area contributed by atoms with Gasteiger partial charge in [0.05, 0.1) is 12.3 Å². The molecule has 21 heavy (non-hydrogen) atoms. The second-order valence-corrected chi connectivity index (χ2v) is 5.58. The number of ether oxygens (including phenoxy) is 1. The van der Waals surface area contributed by atoms with Crippen LogP contribution in [0.4, 0.5) is 5.69 Å². The van der Waals surface area contributed by atoms with Crippen molar-refractivity contribution in [2.75, 3.05) is 6.61 Å². The van der Waals surface area contributed by atoms with E-state index in [0.29, 0.717) is 4.88 Å². The highest BCUT2D eigenvalue weighted by molar-refractivity contribution is 7.15.